The van der Waals surface area contributed by atoms with Gasteiger partial charge in [-0.1, -0.05) is 30.7 Å². The van der Waals surface area contributed by atoms with E-state index in [2.05, 4.69) is 48.4 Å². The number of likely N-dealkylation sites (N-methyl/N-ethyl adjacent to an activating group) is 1. The van der Waals surface area contributed by atoms with Gasteiger partial charge in [-0.15, -0.1) is 0 Å². The fourth-order valence-corrected chi connectivity index (χ4v) is 4.06. The van der Waals surface area contributed by atoms with Crippen molar-refractivity contribution in [2.75, 3.05) is 7.05 Å². The van der Waals surface area contributed by atoms with Gasteiger partial charge in [0.15, 0.2) is 0 Å². The van der Waals surface area contributed by atoms with E-state index in [1.54, 1.807) is 0 Å². The summed E-state index contributed by atoms with van der Waals surface area (Å²) >= 11 is 0. The number of hydrogen-bond acceptors (Lipinski definition) is 2. The number of fused-ring (bicyclic) bond motifs is 2. The lowest BCUT2D eigenvalue weighted by molar-refractivity contribution is 0.137. The molecule has 4 rings (SSSR count). The van der Waals surface area contributed by atoms with Gasteiger partial charge in [0, 0.05) is 12.1 Å². The molecule has 2 bridgehead atoms. The third-order valence-corrected chi connectivity index (χ3v) is 5.74. The monoisotopic (exact) mass is 278 g/mol. The number of nitriles is 1. The topological polar surface area (TPSA) is 27.0 Å². The number of benzene rings is 1. The average molecular weight is 278 g/mol. The molecular formula is C19H22N2. The van der Waals surface area contributed by atoms with Crippen molar-refractivity contribution in [2.24, 2.45) is 0 Å². The maximum atomic E-state index is 9.41. The van der Waals surface area contributed by atoms with Crippen molar-refractivity contribution < 1.29 is 0 Å². The summed E-state index contributed by atoms with van der Waals surface area (Å²) in [5.41, 5.74) is 3.91. The molecule has 1 saturated carbocycles. The van der Waals surface area contributed by atoms with E-state index < -0.39 is 0 Å². The molecule has 2 fully saturated rings. The van der Waals surface area contributed by atoms with Crippen LogP contribution in [0.2, 0.25) is 0 Å². The summed E-state index contributed by atoms with van der Waals surface area (Å²) in [6, 6.07) is 12.6. The maximum absolute atomic E-state index is 9.41. The van der Waals surface area contributed by atoms with Crippen LogP contribution >= 0.6 is 0 Å². The van der Waals surface area contributed by atoms with Crippen LogP contribution in [0.5, 0.6) is 0 Å². The van der Waals surface area contributed by atoms with Crippen LogP contribution in [0, 0.1) is 11.3 Å². The number of nitrogens with zero attached hydrogens (tertiary/aromatic N) is 2. The van der Waals surface area contributed by atoms with E-state index in [9.17, 15) is 5.26 Å². The lowest BCUT2D eigenvalue weighted by Crippen LogP contribution is -2.45. The predicted molar refractivity (Wildman–Crippen MR) is 84.8 cm³/mol. The van der Waals surface area contributed by atoms with Gasteiger partial charge in [0.25, 0.3) is 0 Å². The van der Waals surface area contributed by atoms with Crippen LogP contribution in [0.3, 0.4) is 0 Å². The maximum Gasteiger partial charge on any atom is 0.0824 e. The second kappa shape index (κ2) is 4.71. The lowest BCUT2D eigenvalue weighted by atomic mass is 9.82. The van der Waals surface area contributed by atoms with Crippen molar-refractivity contribution in [1.82, 2.24) is 4.90 Å². The predicted octanol–water partition coefficient (Wildman–Crippen LogP) is 3.88. The molecule has 1 aromatic carbocycles. The van der Waals surface area contributed by atoms with Gasteiger partial charge in [0.05, 0.1) is 11.5 Å². The fraction of sp³-hybridized carbons (Fsp3) is 0.526. The van der Waals surface area contributed by atoms with Crippen LogP contribution in [-0.4, -0.2) is 24.0 Å². The SMILES string of the molecule is CN1C2C=C(c3cccc(C4(C#N)CC4)c3)CC1CCC2. The third-order valence-electron chi connectivity index (χ3n) is 5.74. The van der Waals surface area contributed by atoms with Crippen molar-refractivity contribution in [3.05, 3.63) is 41.5 Å². The Bertz CT molecular complexity index is 633. The van der Waals surface area contributed by atoms with E-state index >= 15 is 0 Å². The first kappa shape index (κ1) is 13.1. The van der Waals surface area contributed by atoms with Gasteiger partial charge in [0.2, 0.25) is 0 Å². The molecule has 108 valence electrons. The Morgan fingerprint density at radius 3 is 2.86 bits per heavy atom. The summed E-state index contributed by atoms with van der Waals surface area (Å²) in [6.07, 6.45) is 9.67. The standard InChI is InChI=1S/C19H22N2/c1-21-17-6-3-7-18(21)12-15(11-17)14-4-2-5-16(10-14)19(13-20)8-9-19/h2,4-5,10-11,17-18H,3,6-9,12H2,1H3. The van der Waals surface area contributed by atoms with Crippen LogP contribution in [-0.2, 0) is 5.41 Å². The molecule has 1 aromatic rings. The molecule has 21 heavy (non-hydrogen) atoms. The van der Waals surface area contributed by atoms with Crippen LogP contribution in [0.25, 0.3) is 5.57 Å². The summed E-state index contributed by atoms with van der Waals surface area (Å²) in [7, 11) is 2.27. The molecule has 1 aliphatic carbocycles. The molecule has 0 amide bonds. The zero-order valence-electron chi connectivity index (χ0n) is 12.7. The highest BCUT2D eigenvalue weighted by Crippen LogP contribution is 2.48. The molecular weight excluding hydrogens is 256 g/mol. The molecule has 2 nitrogen and oxygen atoms in total. The zero-order chi connectivity index (χ0) is 14.4. The number of piperidine rings is 1. The molecule has 2 aliphatic heterocycles. The highest BCUT2D eigenvalue weighted by Gasteiger charge is 2.45. The summed E-state index contributed by atoms with van der Waals surface area (Å²) in [4.78, 5) is 2.55. The Balaban J connectivity index is 1.68. The highest BCUT2D eigenvalue weighted by atomic mass is 15.2. The van der Waals surface area contributed by atoms with Crippen LogP contribution in [0.1, 0.15) is 49.7 Å². The number of hydrogen-bond donors (Lipinski definition) is 0. The minimum Gasteiger partial charge on any atom is -0.297 e. The minimum atomic E-state index is -0.169. The van der Waals surface area contributed by atoms with E-state index in [-0.39, 0.29) is 5.41 Å². The van der Waals surface area contributed by atoms with Gasteiger partial charge in [-0.25, -0.2) is 0 Å². The van der Waals surface area contributed by atoms with E-state index in [0.29, 0.717) is 12.1 Å². The minimum absolute atomic E-state index is 0.169. The molecule has 3 aliphatic rings. The lowest BCUT2D eigenvalue weighted by Gasteiger charge is -2.43. The molecule has 2 unspecified atom stereocenters. The van der Waals surface area contributed by atoms with Crippen LogP contribution in [0.4, 0.5) is 0 Å². The summed E-state index contributed by atoms with van der Waals surface area (Å²) in [6.45, 7) is 0. The first-order valence-electron chi connectivity index (χ1n) is 8.17. The first-order chi connectivity index (χ1) is 10.2. The molecule has 2 heterocycles. The Morgan fingerprint density at radius 1 is 1.29 bits per heavy atom. The van der Waals surface area contributed by atoms with Crippen LogP contribution < -0.4 is 0 Å². The Hall–Kier alpha value is -1.59. The van der Waals surface area contributed by atoms with Crippen LogP contribution in [0.15, 0.2) is 30.3 Å². The second-order valence-electron chi connectivity index (χ2n) is 6.99. The molecule has 0 N–H and O–H groups in total. The fourth-order valence-electron chi connectivity index (χ4n) is 4.06. The van der Waals surface area contributed by atoms with Gasteiger partial charge >= 0.3 is 0 Å². The molecule has 1 saturated heterocycles. The first-order valence-corrected chi connectivity index (χ1v) is 8.17. The Labute approximate surface area is 127 Å². The van der Waals surface area contributed by atoms with Crippen molar-refractivity contribution in [2.45, 2.75) is 56.0 Å². The van der Waals surface area contributed by atoms with E-state index in [1.165, 1.54) is 36.0 Å². The summed E-state index contributed by atoms with van der Waals surface area (Å²) in [5.74, 6) is 0. The van der Waals surface area contributed by atoms with E-state index in [0.717, 1.165) is 19.3 Å². The second-order valence-corrected chi connectivity index (χ2v) is 6.99. The van der Waals surface area contributed by atoms with Crippen molar-refractivity contribution >= 4 is 5.57 Å². The molecule has 0 spiro atoms. The Morgan fingerprint density at radius 2 is 2.14 bits per heavy atom. The van der Waals surface area contributed by atoms with Gasteiger partial charge in [0.1, 0.15) is 0 Å². The van der Waals surface area contributed by atoms with Gasteiger partial charge in [-0.2, -0.15) is 5.26 Å². The zero-order valence-corrected chi connectivity index (χ0v) is 12.7. The summed E-state index contributed by atoms with van der Waals surface area (Å²) < 4.78 is 0. The Kier molecular flexibility index (Phi) is 2.94. The largest absolute Gasteiger partial charge is 0.297 e. The smallest absolute Gasteiger partial charge is 0.0824 e. The highest BCUT2D eigenvalue weighted by molar-refractivity contribution is 5.69. The van der Waals surface area contributed by atoms with Gasteiger partial charge < -0.3 is 0 Å². The van der Waals surface area contributed by atoms with Crippen molar-refractivity contribution in [3.63, 3.8) is 0 Å². The van der Waals surface area contributed by atoms with Gasteiger partial charge in [-0.3, -0.25) is 4.90 Å². The normalized spacial score (nSPS) is 30.4. The average Bonchev–Trinajstić information content (AvgIpc) is 3.28. The molecule has 2 heteroatoms. The number of rotatable bonds is 2. The van der Waals surface area contributed by atoms with E-state index in [4.69, 9.17) is 0 Å². The quantitative estimate of drug-likeness (QED) is 0.821. The van der Waals surface area contributed by atoms with Crippen molar-refractivity contribution in [3.8, 4) is 6.07 Å². The summed E-state index contributed by atoms with van der Waals surface area (Å²) in [5, 5.41) is 9.41. The van der Waals surface area contributed by atoms with E-state index in [1.807, 2.05) is 0 Å². The molecule has 2 atom stereocenters. The third kappa shape index (κ3) is 2.12. The molecule has 0 radical (unpaired) electrons. The van der Waals surface area contributed by atoms with Crippen molar-refractivity contribution in [1.29, 1.82) is 5.26 Å². The van der Waals surface area contributed by atoms with Gasteiger partial charge in [-0.05, 0) is 61.9 Å². The molecule has 0 aromatic heterocycles.